The highest BCUT2D eigenvalue weighted by molar-refractivity contribution is 7.16. The van der Waals surface area contributed by atoms with Gasteiger partial charge in [0, 0.05) is 42.9 Å². The van der Waals surface area contributed by atoms with Gasteiger partial charge in [0.15, 0.2) is 0 Å². The number of rotatable bonds is 7. The Morgan fingerprint density at radius 3 is 2.56 bits per heavy atom. The fourth-order valence-electron chi connectivity index (χ4n) is 4.73. The van der Waals surface area contributed by atoms with Crippen LogP contribution in [0.3, 0.4) is 0 Å². The Hall–Kier alpha value is -0.940. The van der Waals surface area contributed by atoms with Crippen LogP contribution in [-0.4, -0.2) is 40.5 Å². The number of thiophene rings is 1. The zero-order valence-corrected chi connectivity index (χ0v) is 17.6. The average molecular weight is 404 g/mol. The van der Waals surface area contributed by atoms with Gasteiger partial charge in [-0.15, -0.1) is 11.3 Å². The molecule has 3 nitrogen and oxygen atoms in total. The van der Waals surface area contributed by atoms with Crippen molar-refractivity contribution in [3.63, 3.8) is 0 Å². The summed E-state index contributed by atoms with van der Waals surface area (Å²) in [5, 5.41) is 0. The smallest absolute Gasteiger partial charge is 0.0931 e. The van der Waals surface area contributed by atoms with E-state index in [1.54, 1.807) is 11.3 Å². The lowest BCUT2D eigenvalue weighted by Gasteiger charge is -2.37. The fourth-order valence-corrected chi connectivity index (χ4v) is 5.86. The van der Waals surface area contributed by atoms with E-state index >= 15 is 0 Å². The van der Waals surface area contributed by atoms with Crippen LogP contribution in [0.2, 0.25) is 4.34 Å². The first kappa shape index (κ1) is 19.4. The Kier molecular flexibility index (Phi) is 6.82. The zero-order chi connectivity index (χ0) is 18.5. The molecule has 1 aliphatic carbocycles. The van der Waals surface area contributed by atoms with E-state index in [1.807, 2.05) is 24.5 Å². The number of aromatic nitrogens is 1. The number of hydrogen-bond acceptors (Lipinski definition) is 4. The van der Waals surface area contributed by atoms with Crippen molar-refractivity contribution in [1.82, 2.24) is 14.8 Å². The first-order valence-electron chi connectivity index (χ1n) is 10.4. The van der Waals surface area contributed by atoms with Gasteiger partial charge in [-0.3, -0.25) is 9.88 Å². The lowest BCUT2D eigenvalue weighted by molar-refractivity contribution is 0.107. The van der Waals surface area contributed by atoms with E-state index in [9.17, 15) is 0 Å². The second kappa shape index (κ2) is 9.51. The third-order valence-corrected chi connectivity index (χ3v) is 7.36. The topological polar surface area (TPSA) is 19.4 Å². The van der Waals surface area contributed by atoms with Crippen LogP contribution in [0.5, 0.6) is 0 Å². The summed E-state index contributed by atoms with van der Waals surface area (Å²) in [4.78, 5) is 11.0. The van der Waals surface area contributed by atoms with Crippen molar-refractivity contribution >= 4 is 22.9 Å². The molecular weight excluding hydrogens is 374 g/mol. The normalized spacial score (nSPS) is 19.9. The minimum absolute atomic E-state index is 0.801. The first-order chi connectivity index (χ1) is 13.3. The van der Waals surface area contributed by atoms with Crippen molar-refractivity contribution in [2.24, 2.45) is 5.92 Å². The molecule has 1 aliphatic heterocycles. The Morgan fingerprint density at radius 2 is 1.89 bits per heavy atom. The van der Waals surface area contributed by atoms with Crippen LogP contribution in [-0.2, 0) is 13.1 Å². The predicted octanol–water partition coefficient (Wildman–Crippen LogP) is 5.45. The summed E-state index contributed by atoms with van der Waals surface area (Å²) in [6.07, 6.45) is 12.3. The van der Waals surface area contributed by atoms with Gasteiger partial charge < -0.3 is 4.90 Å². The minimum atomic E-state index is 0.801. The summed E-state index contributed by atoms with van der Waals surface area (Å²) in [6.45, 7) is 5.70. The maximum atomic E-state index is 6.16. The number of pyridine rings is 1. The van der Waals surface area contributed by atoms with E-state index in [1.165, 1.54) is 68.6 Å². The molecule has 146 valence electrons. The van der Waals surface area contributed by atoms with Crippen LogP contribution < -0.4 is 0 Å². The molecule has 0 bridgehead atoms. The quantitative estimate of drug-likeness (QED) is 0.612. The van der Waals surface area contributed by atoms with E-state index in [0.29, 0.717) is 0 Å². The van der Waals surface area contributed by atoms with Crippen molar-refractivity contribution in [3.8, 4) is 0 Å². The fraction of sp³-hybridized carbons (Fsp3) is 0.591. The summed E-state index contributed by atoms with van der Waals surface area (Å²) in [6, 6.07) is 9.29. The summed E-state index contributed by atoms with van der Waals surface area (Å²) in [7, 11) is 0. The third kappa shape index (κ3) is 5.54. The van der Waals surface area contributed by atoms with Crippen LogP contribution >= 0.6 is 22.9 Å². The largest absolute Gasteiger partial charge is 0.300 e. The number of halogens is 1. The van der Waals surface area contributed by atoms with Crippen molar-refractivity contribution in [1.29, 1.82) is 0 Å². The highest BCUT2D eigenvalue weighted by Crippen LogP contribution is 2.29. The standard InChI is InChI=1S/C22H30ClN3S/c23-22-8-7-21(27-22)17-25(16-19-4-3-11-24-14-19)15-18-9-12-26(13-10-18)20-5-1-2-6-20/h3-4,7-8,11,14,18,20H,1-2,5-6,9-10,12-13,15-17H2. The van der Waals surface area contributed by atoms with Crippen LogP contribution in [0.1, 0.15) is 49.0 Å². The Labute approximate surface area is 172 Å². The second-order valence-electron chi connectivity index (χ2n) is 8.15. The molecule has 1 saturated carbocycles. The van der Waals surface area contributed by atoms with E-state index in [2.05, 4.69) is 26.9 Å². The van der Waals surface area contributed by atoms with Crippen molar-refractivity contribution in [3.05, 3.63) is 51.4 Å². The van der Waals surface area contributed by atoms with E-state index in [0.717, 1.165) is 29.4 Å². The van der Waals surface area contributed by atoms with Gasteiger partial charge in [-0.25, -0.2) is 0 Å². The SMILES string of the molecule is Clc1ccc(CN(Cc2cccnc2)CC2CCN(C3CCCC3)CC2)s1. The van der Waals surface area contributed by atoms with Crippen molar-refractivity contribution in [2.75, 3.05) is 19.6 Å². The average Bonchev–Trinajstić information content (AvgIpc) is 3.35. The summed E-state index contributed by atoms with van der Waals surface area (Å²) in [5.74, 6) is 0.801. The molecule has 0 unspecified atom stereocenters. The lowest BCUT2D eigenvalue weighted by atomic mass is 9.94. The number of piperidine rings is 1. The molecule has 0 spiro atoms. The molecule has 2 aliphatic rings. The summed E-state index contributed by atoms with van der Waals surface area (Å²) >= 11 is 7.86. The van der Waals surface area contributed by atoms with E-state index < -0.39 is 0 Å². The zero-order valence-electron chi connectivity index (χ0n) is 16.0. The van der Waals surface area contributed by atoms with Crippen molar-refractivity contribution in [2.45, 2.75) is 57.7 Å². The Morgan fingerprint density at radius 1 is 1.07 bits per heavy atom. The Bertz CT molecular complexity index is 691. The molecule has 0 N–H and O–H groups in total. The highest BCUT2D eigenvalue weighted by atomic mass is 35.5. The van der Waals surface area contributed by atoms with Crippen LogP contribution in [0.15, 0.2) is 36.7 Å². The molecule has 5 heteroatoms. The van der Waals surface area contributed by atoms with Gasteiger partial charge in [0.25, 0.3) is 0 Å². The first-order valence-corrected chi connectivity index (χ1v) is 11.6. The van der Waals surface area contributed by atoms with Crippen LogP contribution in [0.25, 0.3) is 0 Å². The van der Waals surface area contributed by atoms with Gasteiger partial charge in [0.05, 0.1) is 4.34 Å². The van der Waals surface area contributed by atoms with Gasteiger partial charge in [-0.05, 0) is 68.5 Å². The minimum Gasteiger partial charge on any atom is -0.300 e. The van der Waals surface area contributed by atoms with Gasteiger partial charge in [-0.2, -0.15) is 0 Å². The molecule has 0 atom stereocenters. The van der Waals surface area contributed by atoms with Gasteiger partial charge in [0.1, 0.15) is 0 Å². The maximum Gasteiger partial charge on any atom is 0.0931 e. The molecular formula is C22H30ClN3S. The van der Waals surface area contributed by atoms with E-state index in [4.69, 9.17) is 11.6 Å². The molecule has 0 aromatic carbocycles. The summed E-state index contributed by atoms with van der Waals surface area (Å²) < 4.78 is 0.885. The van der Waals surface area contributed by atoms with Crippen molar-refractivity contribution < 1.29 is 0 Å². The monoisotopic (exact) mass is 403 g/mol. The molecule has 0 radical (unpaired) electrons. The molecule has 2 fully saturated rings. The second-order valence-corrected chi connectivity index (χ2v) is 9.95. The molecule has 0 amide bonds. The highest BCUT2D eigenvalue weighted by Gasteiger charge is 2.28. The van der Waals surface area contributed by atoms with Crippen LogP contribution in [0, 0.1) is 5.92 Å². The third-order valence-electron chi connectivity index (χ3n) is 6.14. The predicted molar refractivity (Wildman–Crippen MR) is 114 cm³/mol. The van der Waals surface area contributed by atoms with Gasteiger partial charge in [-0.1, -0.05) is 30.5 Å². The molecule has 1 saturated heterocycles. The molecule has 3 heterocycles. The van der Waals surface area contributed by atoms with Gasteiger partial charge >= 0.3 is 0 Å². The molecule has 2 aromatic rings. The number of likely N-dealkylation sites (tertiary alicyclic amines) is 1. The summed E-state index contributed by atoms with van der Waals surface area (Å²) in [5.41, 5.74) is 1.29. The number of hydrogen-bond donors (Lipinski definition) is 0. The van der Waals surface area contributed by atoms with E-state index in [-0.39, 0.29) is 0 Å². The molecule has 2 aromatic heterocycles. The molecule has 4 rings (SSSR count). The number of nitrogens with zero attached hydrogens (tertiary/aromatic N) is 3. The maximum absolute atomic E-state index is 6.16. The van der Waals surface area contributed by atoms with Gasteiger partial charge in [0.2, 0.25) is 0 Å². The lowest BCUT2D eigenvalue weighted by Crippen LogP contribution is -2.42. The van der Waals surface area contributed by atoms with Crippen LogP contribution in [0.4, 0.5) is 0 Å². The molecule has 27 heavy (non-hydrogen) atoms. The Balaban J connectivity index is 1.35.